The lowest BCUT2D eigenvalue weighted by Gasteiger charge is -2.25. The van der Waals surface area contributed by atoms with E-state index in [9.17, 15) is 49.0 Å². The Balaban J connectivity index is 0.000000920. The maximum Gasteiger partial charge on any atom is 0.281 e. The van der Waals surface area contributed by atoms with Crippen LogP contribution in [0.1, 0.15) is 0 Å². The summed E-state index contributed by atoms with van der Waals surface area (Å²) >= 11 is 8.07. The van der Waals surface area contributed by atoms with Gasteiger partial charge in [-0.1, -0.05) is 0 Å². The number of hydrogen-bond acceptors (Lipinski definition) is 4. The van der Waals surface area contributed by atoms with Crippen molar-refractivity contribution < 1.29 is 54.1 Å². The second-order valence-electron chi connectivity index (χ2n) is 5.04. The third-order valence-corrected chi connectivity index (χ3v) is 3.46. The van der Waals surface area contributed by atoms with Gasteiger partial charge in [-0.15, -0.1) is 0 Å². The van der Waals surface area contributed by atoms with E-state index in [1.165, 1.54) is 0 Å². The van der Waals surface area contributed by atoms with Crippen molar-refractivity contribution in [2.75, 3.05) is 10.4 Å². The SMILES string of the molecule is NNC(O)=S.OC(=S)N(Nc1c(F)c(F)c(F)c(F)c1F)c1c(F)c(F)c(F)c(F)c1F. The fourth-order valence-corrected chi connectivity index (χ4v) is 1.94. The molecule has 0 aliphatic heterocycles. The molecule has 6 N–H and O–H groups in total. The summed E-state index contributed by atoms with van der Waals surface area (Å²) in [4.78, 5) is 0. The minimum absolute atomic E-state index is 0.384. The molecule has 2 rings (SSSR count). The van der Waals surface area contributed by atoms with E-state index in [4.69, 9.17) is 5.11 Å². The fraction of sp³-hybridized carbons (Fsp3) is 0. The number of anilines is 2. The van der Waals surface area contributed by atoms with Crippen LogP contribution in [0.25, 0.3) is 0 Å². The minimum Gasteiger partial charge on any atom is -0.486 e. The van der Waals surface area contributed by atoms with Crippen LogP contribution in [0.3, 0.4) is 0 Å². The maximum absolute atomic E-state index is 13.8. The molecular formula is C14H6F10N4O2S2. The zero-order valence-electron chi connectivity index (χ0n) is 14.5. The average molecular weight is 516 g/mol. The number of thiocarbonyl (C=S) groups is 2. The highest BCUT2D eigenvalue weighted by atomic mass is 32.1. The summed E-state index contributed by atoms with van der Waals surface area (Å²) in [5.41, 5.74) is -1.14. The third kappa shape index (κ3) is 5.19. The molecule has 0 aliphatic rings. The summed E-state index contributed by atoms with van der Waals surface area (Å²) in [6.45, 7) is 0. The molecule has 0 amide bonds. The largest absolute Gasteiger partial charge is 0.486 e. The van der Waals surface area contributed by atoms with E-state index in [2.05, 4.69) is 30.3 Å². The second kappa shape index (κ2) is 10.5. The van der Waals surface area contributed by atoms with E-state index < -0.39 is 79.7 Å². The van der Waals surface area contributed by atoms with Crippen molar-refractivity contribution in [2.45, 2.75) is 0 Å². The predicted octanol–water partition coefficient (Wildman–Crippen LogP) is 4.05. The van der Waals surface area contributed by atoms with Crippen LogP contribution in [0.15, 0.2) is 0 Å². The molecule has 0 aromatic heterocycles. The van der Waals surface area contributed by atoms with Gasteiger partial charge in [0.1, 0.15) is 11.4 Å². The second-order valence-corrected chi connectivity index (χ2v) is 5.79. The van der Waals surface area contributed by atoms with Gasteiger partial charge in [0.05, 0.1) is 0 Å². The van der Waals surface area contributed by atoms with E-state index in [1.807, 2.05) is 5.43 Å². The van der Waals surface area contributed by atoms with Crippen LogP contribution in [0.5, 0.6) is 0 Å². The molecule has 0 aliphatic carbocycles. The van der Waals surface area contributed by atoms with Gasteiger partial charge in [-0.2, -0.15) is 0 Å². The van der Waals surface area contributed by atoms with E-state index in [0.29, 0.717) is 0 Å². The van der Waals surface area contributed by atoms with Crippen LogP contribution < -0.4 is 21.7 Å². The van der Waals surface area contributed by atoms with Crippen LogP contribution in [-0.2, 0) is 0 Å². The molecule has 6 nitrogen and oxygen atoms in total. The summed E-state index contributed by atoms with van der Waals surface area (Å²) in [5.74, 6) is -21.2. The highest BCUT2D eigenvalue weighted by Crippen LogP contribution is 2.33. The van der Waals surface area contributed by atoms with Gasteiger partial charge in [0.2, 0.25) is 11.6 Å². The smallest absolute Gasteiger partial charge is 0.281 e. The van der Waals surface area contributed by atoms with Crippen LogP contribution in [0, 0.1) is 58.2 Å². The molecule has 0 unspecified atom stereocenters. The lowest BCUT2D eigenvalue weighted by atomic mass is 10.2. The predicted molar refractivity (Wildman–Crippen MR) is 96.3 cm³/mol. The molecule has 176 valence electrons. The molecular weight excluding hydrogens is 510 g/mol. The first-order valence-electron chi connectivity index (χ1n) is 7.20. The van der Waals surface area contributed by atoms with Crippen molar-refractivity contribution in [3.63, 3.8) is 0 Å². The zero-order chi connectivity index (χ0) is 25.1. The first kappa shape index (κ1) is 26.9. The quantitative estimate of drug-likeness (QED) is 0.104. The Morgan fingerprint density at radius 3 is 1.19 bits per heavy atom. The Morgan fingerprint density at radius 2 is 0.906 bits per heavy atom. The van der Waals surface area contributed by atoms with Crippen molar-refractivity contribution in [2.24, 2.45) is 5.84 Å². The van der Waals surface area contributed by atoms with Crippen LogP contribution in [0.2, 0.25) is 0 Å². The molecule has 0 atom stereocenters. The van der Waals surface area contributed by atoms with E-state index in [-0.39, 0.29) is 5.17 Å². The first-order chi connectivity index (χ1) is 14.7. The van der Waals surface area contributed by atoms with E-state index in [1.54, 1.807) is 0 Å². The van der Waals surface area contributed by atoms with E-state index in [0.717, 1.165) is 5.43 Å². The van der Waals surface area contributed by atoms with Crippen LogP contribution in [-0.4, -0.2) is 20.6 Å². The zero-order valence-corrected chi connectivity index (χ0v) is 16.1. The highest BCUT2D eigenvalue weighted by molar-refractivity contribution is 7.80. The van der Waals surface area contributed by atoms with Crippen molar-refractivity contribution in [1.82, 2.24) is 5.43 Å². The van der Waals surface area contributed by atoms with Gasteiger partial charge in [-0.3, -0.25) is 10.9 Å². The van der Waals surface area contributed by atoms with E-state index >= 15 is 0 Å². The molecule has 18 heteroatoms. The normalized spacial score (nSPS) is 10.2. The number of nitrogens with two attached hydrogens (primary N) is 1. The number of nitrogens with zero attached hydrogens (tertiary/aromatic N) is 1. The number of aliphatic hydroxyl groups is 2. The number of nitrogens with one attached hydrogen (secondary N) is 2. The van der Waals surface area contributed by atoms with Gasteiger partial charge in [0.15, 0.2) is 46.5 Å². The standard InChI is InChI=1S/C13H2F10N2OS.CH4N2OS/c14-1-3(16)7(20)11(8(21)4(1)17)24-25(13(26)27)12-9(22)5(18)2(15)6(19)10(12)23;2-3-1(4)5/h24H,(H,26,27);2H2,(H2,3,4,5). The third-order valence-electron chi connectivity index (χ3n) is 3.16. The lowest BCUT2D eigenvalue weighted by molar-refractivity contribution is 0.377. The monoisotopic (exact) mass is 516 g/mol. The summed E-state index contributed by atoms with van der Waals surface area (Å²) in [6.07, 6.45) is 0. The number of benzene rings is 2. The van der Waals surface area contributed by atoms with Gasteiger partial charge in [0.25, 0.3) is 10.3 Å². The van der Waals surface area contributed by atoms with Crippen LogP contribution in [0.4, 0.5) is 55.3 Å². The Bertz CT molecular complexity index is 1030. The summed E-state index contributed by atoms with van der Waals surface area (Å²) in [7, 11) is 0. The molecule has 32 heavy (non-hydrogen) atoms. The summed E-state index contributed by atoms with van der Waals surface area (Å²) in [6, 6.07) is 0. The topological polar surface area (TPSA) is 93.8 Å². The van der Waals surface area contributed by atoms with Crippen LogP contribution >= 0.6 is 24.4 Å². The molecule has 0 spiro atoms. The molecule has 0 bridgehead atoms. The summed E-state index contributed by atoms with van der Waals surface area (Å²) in [5, 5.41) is 14.2. The fourth-order valence-electron chi connectivity index (χ4n) is 1.80. The molecule has 0 heterocycles. The van der Waals surface area contributed by atoms with Gasteiger partial charge >= 0.3 is 0 Å². The van der Waals surface area contributed by atoms with Gasteiger partial charge in [0, 0.05) is 0 Å². The summed E-state index contributed by atoms with van der Waals surface area (Å²) < 4.78 is 134. The van der Waals surface area contributed by atoms with Gasteiger partial charge in [-0.05, 0) is 24.4 Å². The molecule has 2 aromatic carbocycles. The maximum atomic E-state index is 13.8. The number of halogens is 10. The molecule has 0 radical (unpaired) electrons. The molecule has 0 saturated carbocycles. The van der Waals surface area contributed by atoms with Crippen molar-refractivity contribution in [1.29, 1.82) is 0 Å². The first-order valence-corrected chi connectivity index (χ1v) is 8.02. The average Bonchev–Trinajstić information content (AvgIpc) is 2.75. The van der Waals surface area contributed by atoms with Gasteiger partial charge < -0.3 is 10.2 Å². The lowest BCUT2D eigenvalue weighted by Crippen LogP contribution is -2.38. The number of aliphatic hydroxyl groups excluding tert-OH is 2. The number of rotatable bonds is 3. The highest BCUT2D eigenvalue weighted by Gasteiger charge is 2.33. The molecule has 2 aromatic rings. The number of hydrazine groups is 2. The molecule has 0 fully saturated rings. The van der Waals surface area contributed by atoms with Gasteiger partial charge in [-0.25, -0.2) is 54.8 Å². The Labute approximate surface area is 180 Å². The van der Waals surface area contributed by atoms with Crippen molar-refractivity contribution in [3.8, 4) is 0 Å². The Kier molecular flexibility index (Phi) is 8.80. The molecule has 0 saturated heterocycles. The number of hydrogen-bond donors (Lipinski definition) is 5. The van der Waals surface area contributed by atoms with Crippen molar-refractivity contribution in [3.05, 3.63) is 58.2 Å². The Morgan fingerprint density at radius 1 is 0.625 bits per heavy atom. The minimum atomic E-state index is -2.62. The van der Waals surface area contributed by atoms with Crippen molar-refractivity contribution >= 4 is 46.2 Å². The Hall–Kier alpha value is -3.12.